The van der Waals surface area contributed by atoms with Crippen LogP contribution in [-0.4, -0.2) is 21.4 Å². The summed E-state index contributed by atoms with van der Waals surface area (Å²) < 4.78 is 0. The van der Waals surface area contributed by atoms with Gasteiger partial charge in [-0.1, -0.05) is 26.0 Å². The molecule has 0 aromatic heterocycles. The highest BCUT2D eigenvalue weighted by atomic mass is 16.4. The SMILES string of the molecule is CC1(C)C=CC(O)(C(C)(C)O)CC1. The van der Waals surface area contributed by atoms with Crippen molar-refractivity contribution in [2.75, 3.05) is 0 Å². The normalized spacial score (nSPS) is 33.4. The summed E-state index contributed by atoms with van der Waals surface area (Å²) >= 11 is 0. The molecule has 2 N–H and O–H groups in total. The average molecular weight is 184 g/mol. The van der Waals surface area contributed by atoms with Crippen LogP contribution in [0, 0.1) is 5.41 Å². The molecule has 2 heteroatoms. The fraction of sp³-hybridized carbons (Fsp3) is 0.818. The quantitative estimate of drug-likeness (QED) is 0.611. The molecule has 0 amide bonds. The highest BCUT2D eigenvalue weighted by Gasteiger charge is 2.42. The molecule has 1 aliphatic carbocycles. The van der Waals surface area contributed by atoms with Gasteiger partial charge in [0.25, 0.3) is 0 Å². The first kappa shape index (κ1) is 10.7. The lowest BCUT2D eigenvalue weighted by Crippen LogP contribution is -2.50. The Labute approximate surface area is 80.3 Å². The Hall–Kier alpha value is -0.340. The predicted octanol–water partition coefficient (Wildman–Crippen LogP) is 1.86. The Morgan fingerprint density at radius 3 is 2.00 bits per heavy atom. The molecule has 1 unspecified atom stereocenters. The van der Waals surface area contributed by atoms with Gasteiger partial charge in [0.1, 0.15) is 5.60 Å². The van der Waals surface area contributed by atoms with Crippen molar-refractivity contribution in [1.29, 1.82) is 0 Å². The molecule has 13 heavy (non-hydrogen) atoms. The Balaban J connectivity index is 2.88. The molecule has 1 atom stereocenters. The number of aliphatic hydroxyl groups is 2. The van der Waals surface area contributed by atoms with E-state index in [4.69, 9.17) is 0 Å². The number of hydrogen-bond acceptors (Lipinski definition) is 2. The minimum atomic E-state index is -1.06. The highest BCUT2D eigenvalue weighted by Crippen LogP contribution is 2.39. The maximum absolute atomic E-state index is 10.1. The van der Waals surface area contributed by atoms with E-state index in [9.17, 15) is 10.2 Å². The highest BCUT2D eigenvalue weighted by molar-refractivity contribution is 5.16. The van der Waals surface area contributed by atoms with Crippen molar-refractivity contribution in [1.82, 2.24) is 0 Å². The second-order valence-electron chi connectivity index (χ2n) is 5.31. The molecule has 0 radical (unpaired) electrons. The van der Waals surface area contributed by atoms with E-state index in [1.165, 1.54) is 0 Å². The van der Waals surface area contributed by atoms with Crippen LogP contribution in [0.15, 0.2) is 12.2 Å². The van der Waals surface area contributed by atoms with E-state index < -0.39 is 11.2 Å². The van der Waals surface area contributed by atoms with Gasteiger partial charge in [-0.15, -0.1) is 0 Å². The van der Waals surface area contributed by atoms with Crippen LogP contribution in [0.2, 0.25) is 0 Å². The Kier molecular flexibility index (Phi) is 2.33. The molecule has 2 nitrogen and oxygen atoms in total. The smallest absolute Gasteiger partial charge is 0.111 e. The molecule has 0 fully saturated rings. The standard InChI is InChI=1S/C11H20O2/c1-9(2)5-7-11(13,8-6-9)10(3,4)12/h5,7,12-13H,6,8H2,1-4H3. The van der Waals surface area contributed by atoms with E-state index in [-0.39, 0.29) is 5.41 Å². The molecule has 1 rings (SSSR count). The van der Waals surface area contributed by atoms with Gasteiger partial charge in [0.15, 0.2) is 0 Å². The van der Waals surface area contributed by atoms with E-state index in [0.29, 0.717) is 6.42 Å². The molecule has 0 aliphatic heterocycles. The van der Waals surface area contributed by atoms with Crippen LogP contribution < -0.4 is 0 Å². The van der Waals surface area contributed by atoms with Crippen molar-refractivity contribution in [3.05, 3.63) is 12.2 Å². The van der Waals surface area contributed by atoms with Gasteiger partial charge in [-0.05, 0) is 32.1 Å². The first-order chi connectivity index (χ1) is 5.66. The van der Waals surface area contributed by atoms with Crippen molar-refractivity contribution in [2.45, 2.75) is 51.7 Å². The van der Waals surface area contributed by atoms with E-state index in [2.05, 4.69) is 13.8 Å². The van der Waals surface area contributed by atoms with E-state index in [1.54, 1.807) is 19.9 Å². The van der Waals surface area contributed by atoms with Crippen LogP contribution in [0.4, 0.5) is 0 Å². The molecule has 76 valence electrons. The first-order valence-electron chi connectivity index (χ1n) is 4.82. The van der Waals surface area contributed by atoms with Gasteiger partial charge in [0.05, 0.1) is 5.60 Å². The summed E-state index contributed by atoms with van der Waals surface area (Å²) in [5, 5.41) is 19.9. The third-order valence-electron chi connectivity index (χ3n) is 3.02. The van der Waals surface area contributed by atoms with Crippen LogP contribution in [0.25, 0.3) is 0 Å². The van der Waals surface area contributed by atoms with Gasteiger partial charge >= 0.3 is 0 Å². The molecule has 0 spiro atoms. The molecule has 0 bridgehead atoms. The minimum absolute atomic E-state index is 0.150. The van der Waals surface area contributed by atoms with Gasteiger partial charge < -0.3 is 10.2 Å². The molecular weight excluding hydrogens is 164 g/mol. The maximum Gasteiger partial charge on any atom is 0.111 e. The van der Waals surface area contributed by atoms with E-state index in [1.807, 2.05) is 6.08 Å². The van der Waals surface area contributed by atoms with Crippen molar-refractivity contribution in [3.8, 4) is 0 Å². The number of hydrogen-bond donors (Lipinski definition) is 2. The summed E-state index contributed by atoms with van der Waals surface area (Å²) in [6.07, 6.45) is 5.27. The van der Waals surface area contributed by atoms with E-state index in [0.717, 1.165) is 6.42 Å². The van der Waals surface area contributed by atoms with Crippen molar-refractivity contribution in [2.24, 2.45) is 5.41 Å². The average Bonchev–Trinajstić information content (AvgIpc) is 1.94. The predicted molar refractivity (Wildman–Crippen MR) is 53.4 cm³/mol. The maximum atomic E-state index is 10.1. The fourth-order valence-corrected chi connectivity index (χ4v) is 1.55. The summed E-state index contributed by atoms with van der Waals surface area (Å²) in [6.45, 7) is 7.56. The van der Waals surface area contributed by atoms with Gasteiger partial charge in [-0.25, -0.2) is 0 Å². The molecule has 0 heterocycles. The molecule has 0 aromatic rings. The van der Waals surface area contributed by atoms with Gasteiger partial charge in [0, 0.05) is 0 Å². The zero-order chi connectivity index (χ0) is 10.3. The Morgan fingerprint density at radius 2 is 1.69 bits per heavy atom. The second kappa shape index (κ2) is 2.82. The third-order valence-corrected chi connectivity index (χ3v) is 3.02. The molecule has 0 aromatic carbocycles. The summed E-state index contributed by atoms with van der Waals surface area (Å²) in [4.78, 5) is 0. The van der Waals surface area contributed by atoms with Gasteiger partial charge in [0.2, 0.25) is 0 Å². The summed E-state index contributed by atoms with van der Waals surface area (Å²) in [5.74, 6) is 0. The lowest BCUT2D eigenvalue weighted by Gasteiger charge is -2.42. The number of rotatable bonds is 1. The molecule has 0 saturated carbocycles. The molecule has 0 saturated heterocycles. The topological polar surface area (TPSA) is 40.5 Å². The fourth-order valence-electron chi connectivity index (χ4n) is 1.55. The van der Waals surface area contributed by atoms with Crippen LogP contribution in [0.1, 0.15) is 40.5 Å². The van der Waals surface area contributed by atoms with E-state index >= 15 is 0 Å². The van der Waals surface area contributed by atoms with Crippen molar-refractivity contribution in [3.63, 3.8) is 0 Å². The second-order valence-corrected chi connectivity index (χ2v) is 5.31. The first-order valence-corrected chi connectivity index (χ1v) is 4.82. The largest absolute Gasteiger partial charge is 0.387 e. The number of allylic oxidation sites excluding steroid dienone is 1. The van der Waals surface area contributed by atoms with Crippen LogP contribution in [0.3, 0.4) is 0 Å². The molecule has 1 aliphatic rings. The van der Waals surface area contributed by atoms with Crippen LogP contribution >= 0.6 is 0 Å². The zero-order valence-corrected chi connectivity index (χ0v) is 8.96. The third kappa shape index (κ3) is 2.12. The van der Waals surface area contributed by atoms with Gasteiger partial charge in [-0.2, -0.15) is 0 Å². The zero-order valence-electron chi connectivity index (χ0n) is 8.96. The summed E-state index contributed by atoms with van der Waals surface area (Å²) in [5.41, 5.74) is -1.96. The Morgan fingerprint density at radius 1 is 1.15 bits per heavy atom. The lowest BCUT2D eigenvalue weighted by molar-refractivity contribution is -0.111. The summed E-state index contributed by atoms with van der Waals surface area (Å²) in [7, 11) is 0. The van der Waals surface area contributed by atoms with Crippen LogP contribution in [-0.2, 0) is 0 Å². The van der Waals surface area contributed by atoms with Crippen molar-refractivity contribution < 1.29 is 10.2 Å². The Bertz CT molecular complexity index is 223. The summed E-state index contributed by atoms with van der Waals surface area (Å²) in [6, 6.07) is 0. The monoisotopic (exact) mass is 184 g/mol. The van der Waals surface area contributed by atoms with Crippen LogP contribution in [0.5, 0.6) is 0 Å². The molecular formula is C11H20O2. The van der Waals surface area contributed by atoms with Crippen molar-refractivity contribution >= 4 is 0 Å². The lowest BCUT2D eigenvalue weighted by atomic mass is 9.71. The minimum Gasteiger partial charge on any atom is -0.387 e. The van der Waals surface area contributed by atoms with Gasteiger partial charge in [-0.3, -0.25) is 0 Å².